The first-order valence-electron chi connectivity index (χ1n) is 6.07. The molecule has 0 fully saturated rings. The van der Waals surface area contributed by atoms with E-state index in [1.54, 1.807) is 10.7 Å². The summed E-state index contributed by atoms with van der Waals surface area (Å²) in [6, 6.07) is 5.29. The molecule has 0 saturated carbocycles. The Balaban J connectivity index is 2.06. The molecule has 0 aliphatic carbocycles. The minimum Gasteiger partial charge on any atom is -0.308 e. The quantitative estimate of drug-likeness (QED) is 0.908. The monoisotopic (exact) mass is 296 g/mol. The van der Waals surface area contributed by atoms with E-state index in [0.717, 1.165) is 5.69 Å². The van der Waals surface area contributed by atoms with Crippen molar-refractivity contribution in [1.82, 2.24) is 9.78 Å². The Hall–Kier alpha value is -2.08. The normalized spacial score (nSPS) is 10.4. The molecule has 0 bridgehead atoms. The summed E-state index contributed by atoms with van der Waals surface area (Å²) in [4.78, 5) is 11.9. The lowest BCUT2D eigenvalue weighted by molar-refractivity contribution is 0.262. The standard InChI is InChI=1S/C13H14ClFN4O/c1-3-19-12(6-8(2)18-19)17-13(20)16-9-4-5-11(15)10(14)7-9/h4-7H,3H2,1-2H3,(H2,16,17,20). The second kappa shape index (κ2) is 5.92. The molecule has 0 saturated heterocycles. The van der Waals surface area contributed by atoms with E-state index in [-0.39, 0.29) is 5.02 Å². The Morgan fingerprint density at radius 3 is 2.80 bits per heavy atom. The molecular formula is C13H14ClFN4O. The highest BCUT2D eigenvalue weighted by Crippen LogP contribution is 2.19. The van der Waals surface area contributed by atoms with E-state index in [2.05, 4.69) is 15.7 Å². The van der Waals surface area contributed by atoms with Crippen LogP contribution < -0.4 is 10.6 Å². The number of aromatic nitrogens is 2. The Morgan fingerprint density at radius 2 is 2.15 bits per heavy atom. The minimum atomic E-state index is -0.530. The number of nitrogens with one attached hydrogen (secondary N) is 2. The number of carbonyl (C=O) groups is 1. The van der Waals surface area contributed by atoms with E-state index in [9.17, 15) is 9.18 Å². The van der Waals surface area contributed by atoms with Gasteiger partial charge in [-0.15, -0.1) is 0 Å². The van der Waals surface area contributed by atoms with Crippen molar-refractivity contribution in [3.8, 4) is 0 Å². The number of halogens is 2. The third kappa shape index (κ3) is 3.27. The summed E-state index contributed by atoms with van der Waals surface area (Å²) in [5.74, 6) is 0.0630. The van der Waals surface area contributed by atoms with Crippen LogP contribution in [0.1, 0.15) is 12.6 Å². The first-order valence-corrected chi connectivity index (χ1v) is 6.45. The van der Waals surface area contributed by atoms with Crippen LogP contribution in [0.25, 0.3) is 0 Å². The molecule has 0 spiro atoms. The molecule has 7 heteroatoms. The number of hydrogen-bond donors (Lipinski definition) is 2. The van der Waals surface area contributed by atoms with Crippen LogP contribution in [0.2, 0.25) is 5.02 Å². The molecule has 20 heavy (non-hydrogen) atoms. The zero-order valence-corrected chi connectivity index (χ0v) is 11.8. The van der Waals surface area contributed by atoms with Crippen molar-refractivity contribution in [1.29, 1.82) is 0 Å². The smallest absolute Gasteiger partial charge is 0.308 e. The van der Waals surface area contributed by atoms with Gasteiger partial charge in [0.2, 0.25) is 0 Å². The van der Waals surface area contributed by atoms with Crippen molar-refractivity contribution in [2.45, 2.75) is 20.4 Å². The van der Waals surface area contributed by atoms with Gasteiger partial charge in [-0.3, -0.25) is 5.32 Å². The average Bonchev–Trinajstić information content (AvgIpc) is 2.74. The van der Waals surface area contributed by atoms with Crippen LogP contribution in [0.4, 0.5) is 20.7 Å². The third-order valence-corrected chi connectivity index (χ3v) is 2.91. The summed E-state index contributed by atoms with van der Waals surface area (Å²) in [5.41, 5.74) is 1.22. The van der Waals surface area contributed by atoms with E-state index in [0.29, 0.717) is 18.1 Å². The fraction of sp³-hybridized carbons (Fsp3) is 0.231. The topological polar surface area (TPSA) is 59.0 Å². The second-order valence-corrected chi connectivity index (χ2v) is 4.60. The fourth-order valence-electron chi connectivity index (χ4n) is 1.74. The minimum absolute atomic E-state index is 0.0442. The van der Waals surface area contributed by atoms with Crippen LogP contribution in [0, 0.1) is 12.7 Å². The van der Waals surface area contributed by atoms with Crippen molar-refractivity contribution in [2.75, 3.05) is 10.6 Å². The SMILES string of the molecule is CCn1nc(C)cc1NC(=O)Nc1ccc(F)c(Cl)c1. The summed E-state index contributed by atoms with van der Waals surface area (Å²) in [5, 5.41) is 9.43. The van der Waals surface area contributed by atoms with Gasteiger partial charge in [0.25, 0.3) is 0 Å². The third-order valence-electron chi connectivity index (χ3n) is 2.62. The molecule has 2 N–H and O–H groups in total. The Morgan fingerprint density at radius 1 is 1.40 bits per heavy atom. The van der Waals surface area contributed by atoms with Gasteiger partial charge in [0.15, 0.2) is 0 Å². The lowest BCUT2D eigenvalue weighted by atomic mass is 10.3. The van der Waals surface area contributed by atoms with Crippen molar-refractivity contribution in [2.24, 2.45) is 0 Å². The van der Waals surface area contributed by atoms with Gasteiger partial charge in [0.05, 0.1) is 10.7 Å². The number of hydrogen-bond acceptors (Lipinski definition) is 2. The molecule has 1 aromatic carbocycles. The van der Waals surface area contributed by atoms with Crippen molar-refractivity contribution in [3.05, 3.63) is 40.8 Å². The molecule has 0 atom stereocenters. The highest BCUT2D eigenvalue weighted by atomic mass is 35.5. The van der Waals surface area contributed by atoms with E-state index in [4.69, 9.17) is 11.6 Å². The number of anilines is 2. The lowest BCUT2D eigenvalue weighted by Gasteiger charge is -2.09. The summed E-state index contributed by atoms with van der Waals surface area (Å²) < 4.78 is 14.7. The second-order valence-electron chi connectivity index (χ2n) is 4.19. The number of amides is 2. The highest BCUT2D eigenvalue weighted by molar-refractivity contribution is 6.31. The molecule has 0 unspecified atom stereocenters. The van der Waals surface area contributed by atoms with Crippen LogP contribution in [0.15, 0.2) is 24.3 Å². The summed E-state index contributed by atoms with van der Waals surface area (Å²) in [6.07, 6.45) is 0. The Kier molecular flexibility index (Phi) is 4.24. The lowest BCUT2D eigenvalue weighted by Crippen LogP contribution is -2.21. The number of carbonyl (C=O) groups excluding carboxylic acids is 1. The van der Waals surface area contributed by atoms with E-state index < -0.39 is 11.8 Å². The summed E-state index contributed by atoms with van der Waals surface area (Å²) in [7, 11) is 0. The molecule has 0 aliphatic rings. The van der Waals surface area contributed by atoms with Crippen molar-refractivity contribution >= 4 is 29.1 Å². The molecule has 0 aliphatic heterocycles. The van der Waals surface area contributed by atoms with Gasteiger partial charge in [-0.2, -0.15) is 5.10 Å². The average molecular weight is 297 g/mol. The predicted octanol–water partition coefficient (Wildman–Crippen LogP) is 3.65. The van der Waals surface area contributed by atoms with Gasteiger partial charge in [-0.1, -0.05) is 11.6 Å². The molecule has 2 amide bonds. The number of benzene rings is 1. The molecule has 2 rings (SSSR count). The van der Waals surface area contributed by atoms with Gasteiger partial charge in [0.1, 0.15) is 11.6 Å². The maximum absolute atomic E-state index is 13.0. The summed E-state index contributed by atoms with van der Waals surface area (Å²) >= 11 is 5.65. The van der Waals surface area contributed by atoms with Gasteiger partial charge < -0.3 is 5.32 Å². The molecule has 106 valence electrons. The van der Waals surface area contributed by atoms with Gasteiger partial charge in [0, 0.05) is 18.3 Å². The molecule has 2 aromatic rings. The van der Waals surface area contributed by atoms with E-state index >= 15 is 0 Å². The molecule has 5 nitrogen and oxygen atoms in total. The molecule has 1 aromatic heterocycles. The fourth-order valence-corrected chi connectivity index (χ4v) is 1.92. The number of aryl methyl sites for hydroxylation is 2. The van der Waals surface area contributed by atoms with Crippen LogP contribution >= 0.6 is 11.6 Å². The Labute approximate surface area is 120 Å². The molecular weight excluding hydrogens is 283 g/mol. The van der Waals surface area contributed by atoms with Crippen LogP contribution in [-0.4, -0.2) is 15.8 Å². The maximum atomic E-state index is 13.0. The largest absolute Gasteiger partial charge is 0.324 e. The first kappa shape index (κ1) is 14.3. The van der Waals surface area contributed by atoms with E-state index in [1.165, 1.54) is 18.2 Å². The highest BCUT2D eigenvalue weighted by Gasteiger charge is 2.09. The predicted molar refractivity (Wildman–Crippen MR) is 76.7 cm³/mol. The van der Waals surface area contributed by atoms with Gasteiger partial charge in [-0.25, -0.2) is 13.9 Å². The molecule has 0 radical (unpaired) electrons. The van der Waals surface area contributed by atoms with E-state index in [1.807, 2.05) is 13.8 Å². The zero-order valence-electron chi connectivity index (χ0n) is 11.1. The number of urea groups is 1. The number of rotatable bonds is 3. The Bertz CT molecular complexity index is 641. The summed E-state index contributed by atoms with van der Waals surface area (Å²) in [6.45, 7) is 4.41. The van der Waals surface area contributed by atoms with Gasteiger partial charge in [-0.05, 0) is 32.0 Å². The first-order chi connectivity index (χ1) is 9.49. The van der Waals surface area contributed by atoms with Crippen LogP contribution in [-0.2, 0) is 6.54 Å². The zero-order chi connectivity index (χ0) is 14.7. The van der Waals surface area contributed by atoms with Gasteiger partial charge >= 0.3 is 6.03 Å². The van der Waals surface area contributed by atoms with Crippen LogP contribution in [0.3, 0.4) is 0 Å². The maximum Gasteiger partial charge on any atom is 0.324 e. The van der Waals surface area contributed by atoms with Crippen molar-refractivity contribution in [3.63, 3.8) is 0 Å². The van der Waals surface area contributed by atoms with Crippen molar-refractivity contribution < 1.29 is 9.18 Å². The van der Waals surface area contributed by atoms with Crippen LogP contribution in [0.5, 0.6) is 0 Å². The molecule has 1 heterocycles. The number of nitrogens with zero attached hydrogens (tertiary/aromatic N) is 2.